The Morgan fingerprint density at radius 1 is 0.935 bits per heavy atom. The van der Waals surface area contributed by atoms with Gasteiger partial charge in [0, 0.05) is 69.3 Å². The molecule has 2 N–H and O–H groups in total. The number of nitrogens with zero attached hydrogens (tertiary/aromatic N) is 4. The van der Waals surface area contributed by atoms with Crippen LogP contribution in [-0.4, -0.2) is 88.4 Å². The SMILES string of the molecule is CC(C)(C)OC(=O)N1CCN(C(=O)C(C)(C)Oc2cccc(N3CCC[C@@H](C(=O)NCc4ccc(-c5cn[nH]c5)cc4)C3)c2)CC1. The van der Waals surface area contributed by atoms with Crippen molar-refractivity contribution in [3.05, 3.63) is 66.5 Å². The summed E-state index contributed by atoms with van der Waals surface area (Å²) in [5, 5.41) is 9.94. The van der Waals surface area contributed by atoms with Gasteiger partial charge in [0.2, 0.25) is 5.91 Å². The Kier molecular flexibility index (Phi) is 9.88. The molecular formula is C35H46N6O5. The molecule has 0 radical (unpaired) electrons. The molecule has 3 aromatic rings. The highest BCUT2D eigenvalue weighted by molar-refractivity contribution is 5.85. The number of ether oxygens (including phenoxy) is 2. The van der Waals surface area contributed by atoms with Crippen molar-refractivity contribution in [3.8, 4) is 16.9 Å². The Morgan fingerprint density at radius 2 is 1.65 bits per heavy atom. The molecule has 3 heterocycles. The number of anilines is 1. The van der Waals surface area contributed by atoms with Crippen molar-refractivity contribution >= 4 is 23.6 Å². The lowest BCUT2D eigenvalue weighted by atomic mass is 9.96. The van der Waals surface area contributed by atoms with E-state index in [0.717, 1.165) is 41.8 Å². The third-order valence-corrected chi connectivity index (χ3v) is 8.33. The first-order chi connectivity index (χ1) is 21.9. The van der Waals surface area contributed by atoms with Crippen molar-refractivity contribution in [3.63, 3.8) is 0 Å². The van der Waals surface area contributed by atoms with Crippen LogP contribution in [0.25, 0.3) is 11.1 Å². The average molecular weight is 631 g/mol. The minimum absolute atomic E-state index is 0.0505. The van der Waals surface area contributed by atoms with Gasteiger partial charge in [-0.3, -0.25) is 14.7 Å². The van der Waals surface area contributed by atoms with Gasteiger partial charge < -0.3 is 29.5 Å². The fraction of sp³-hybridized carbons (Fsp3) is 0.486. The lowest BCUT2D eigenvalue weighted by Gasteiger charge is -2.39. The number of rotatable bonds is 8. The molecule has 1 aromatic heterocycles. The molecule has 46 heavy (non-hydrogen) atoms. The fourth-order valence-electron chi connectivity index (χ4n) is 5.86. The highest BCUT2D eigenvalue weighted by Crippen LogP contribution is 2.29. The Labute approximate surface area is 271 Å². The van der Waals surface area contributed by atoms with E-state index in [1.54, 1.807) is 29.8 Å². The summed E-state index contributed by atoms with van der Waals surface area (Å²) in [7, 11) is 0. The number of H-pyrrole nitrogens is 1. The van der Waals surface area contributed by atoms with Crippen LogP contribution in [0, 0.1) is 5.92 Å². The standard InChI is InChI=1S/C35H46N6O5/c1-34(2,3)46-33(44)40-18-16-39(17-19-40)32(43)35(4,5)45-30-10-6-9-29(20-30)41-15-7-8-27(24-41)31(42)36-21-25-11-13-26(14-12-25)28-22-37-38-23-28/h6,9-14,20,22-23,27H,7-8,15-19,21,24H2,1-5H3,(H,36,42)(H,37,38)/t27-/m1/s1. The zero-order valence-corrected chi connectivity index (χ0v) is 27.5. The zero-order valence-electron chi connectivity index (χ0n) is 27.5. The number of carbonyl (C=O) groups excluding carboxylic acids is 3. The number of aromatic nitrogens is 2. The van der Waals surface area contributed by atoms with Crippen molar-refractivity contribution in [2.75, 3.05) is 44.2 Å². The number of amides is 3. The number of piperazine rings is 1. The van der Waals surface area contributed by atoms with Gasteiger partial charge >= 0.3 is 6.09 Å². The maximum Gasteiger partial charge on any atom is 0.410 e. The fourth-order valence-corrected chi connectivity index (χ4v) is 5.86. The molecule has 3 amide bonds. The number of benzene rings is 2. The van der Waals surface area contributed by atoms with Crippen LogP contribution >= 0.6 is 0 Å². The molecule has 5 rings (SSSR count). The van der Waals surface area contributed by atoms with Gasteiger partial charge in [0.15, 0.2) is 5.60 Å². The molecule has 2 aliphatic heterocycles. The van der Waals surface area contributed by atoms with E-state index < -0.39 is 11.2 Å². The molecule has 2 fully saturated rings. The maximum absolute atomic E-state index is 13.5. The van der Waals surface area contributed by atoms with E-state index in [-0.39, 0.29) is 23.8 Å². The molecule has 246 valence electrons. The van der Waals surface area contributed by atoms with Crippen LogP contribution in [0.5, 0.6) is 5.75 Å². The first-order valence-corrected chi connectivity index (χ1v) is 16.0. The summed E-state index contributed by atoms with van der Waals surface area (Å²) < 4.78 is 11.7. The first-order valence-electron chi connectivity index (χ1n) is 16.0. The third kappa shape index (κ3) is 8.38. The molecule has 0 spiro atoms. The lowest BCUT2D eigenvalue weighted by molar-refractivity contribution is -0.147. The van der Waals surface area contributed by atoms with Crippen LogP contribution in [-0.2, 0) is 20.9 Å². The van der Waals surface area contributed by atoms with Gasteiger partial charge in [0.1, 0.15) is 11.4 Å². The summed E-state index contributed by atoms with van der Waals surface area (Å²) >= 11 is 0. The van der Waals surface area contributed by atoms with Gasteiger partial charge in [-0.25, -0.2) is 4.79 Å². The minimum atomic E-state index is -1.10. The third-order valence-electron chi connectivity index (χ3n) is 8.33. The van der Waals surface area contributed by atoms with Crippen LogP contribution in [0.1, 0.15) is 53.0 Å². The Bertz CT molecular complexity index is 1490. The van der Waals surface area contributed by atoms with Crippen LogP contribution < -0.4 is 15.0 Å². The number of nitrogens with one attached hydrogen (secondary N) is 2. The van der Waals surface area contributed by atoms with Crippen molar-refractivity contribution in [2.24, 2.45) is 5.92 Å². The highest BCUT2D eigenvalue weighted by Gasteiger charge is 2.37. The largest absolute Gasteiger partial charge is 0.478 e. The quantitative estimate of drug-likeness (QED) is 0.365. The van der Waals surface area contributed by atoms with E-state index in [4.69, 9.17) is 9.47 Å². The van der Waals surface area contributed by atoms with E-state index in [9.17, 15) is 14.4 Å². The number of hydrogen-bond acceptors (Lipinski definition) is 7. The van der Waals surface area contributed by atoms with Gasteiger partial charge in [-0.05, 0) is 70.7 Å². The van der Waals surface area contributed by atoms with Crippen molar-refractivity contribution < 1.29 is 23.9 Å². The normalized spacial score (nSPS) is 17.4. The van der Waals surface area contributed by atoms with E-state index in [2.05, 4.69) is 20.4 Å². The predicted molar refractivity (Wildman–Crippen MR) is 176 cm³/mol. The number of hydrogen-bond donors (Lipinski definition) is 2. The van der Waals surface area contributed by atoms with Gasteiger partial charge in [-0.1, -0.05) is 30.3 Å². The molecule has 2 aromatic carbocycles. The van der Waals surface area contributed by atoms with Gasteiger partial charge in [0.25, 0.3) is 5.91 Å². The predicted octanol–water partition coefficient (Wildman–Crippen LogP) is 4.85. The van der Waals surface area contributed by atoms with Crippen LogP contribution in [0.15, 0.2) is 60.9 Å². The summed E-state index contributed by atoms with van der Waals surface area (Å²) in [4.78, 5) is 44.7. The smallest absolute Gasteiger partial charge is 0.410 e. The molecule has 11 heteroatoms. The van der Waals surface area contributed by atoms with E-state index in [0.29, 0.717) is 45.0 Å². The highest BCUT2D eigenvalue weighted by atomic mass is 16.6. The second kappa shape index (κ2) is 13.8. The second-order valence-electron chi connectivity index (χ2n) is 13.6. The Balaban J connectivity index is 1.13. The van der Waals surface area contributed by atoms with E-state index >= 15 is 0 Å². The van der Waals surface area contributed by atoms with Gasteiger partial charge in [-0.2, -0.15) is 5.10 Å². The van der Waals surface area contributed by atoms with Crippen LogP contribution in [0.2, 0.25) is 0 Å². The number of piperidine rings is 1. The first kappa shape index (κ1) is 32.8. The number of carbonyl (C=O) groups is 3. The maximum atomic E-state index is 13.5. The van der Waals surface area contributed by atoms with Crippen LogP contribution in [0.4, 0.5) is 10.5 Å². The summed E-state index contributed by atoms with van der Waals surface area (Å²) in [5.41, 5.74) is 2.43. The summed E-state index contributed by atoms with van der Waals surface area (Å²) in [6, 6.07) is 15.8. The van der Waals surface area contributed by atoms with Crippen molar-refractivity contribution in [1.82, 2.24) is 25.3 Å². The minimum Gasteiger partial charge on any atom is -0.478 e. The average Bonchev–Trinajstić information content (AvgIpc) is 3.58. The Hall–Kier alpha value is -4.54. The molecule has 0 saturated carbocycles. The van der Waals surface area contributed by atoms with Gasteiger partial charge in [-0.15, -0.1) is 0 Å². The Morgan fingerprint density at radius 3 is 2.33 bits per heavy atom. The number of aromatic amines is 1. The molecule has 0 aliphatic carbocycles. The summed E-state index contributed by atoms with van der Waals surface area (Å²) in [6.07, 6.45) is 5.02. The molecule has 2 aliphatic rings. The van der Waals surface area contributed by atoms with E-state index in [1.165, 1.54) is 0 Å². The second-order valence-corrected chi connectivity index (χ2v) is 13.6. The zero-order chi connectivity index (χ0) is 32.9. The molecule has 0 unspecified atom stereocenters. The van der Waals surface area contributed by atoms with Crippen molar-refractivity contribution in [1.29, 1.82) is 0 Å². The molecule has 0 bridgehead atoms. The molecule has 2 saturated heterocycles. The lowest BCUT2D eigenvalue weighted by Crippen LogP contribution is -2.57. The van der Waals surface area contributed by atoms with Crippen LogP contribution in [0.3, 0.4) is 0 Å². The van der Waals surface area contributed by atoms with Crippen molar-refractivity contribution in [2.45, 2.75) is 65.2 Å². The molecule has 11 nitrogen and oxygen atoms in total. The summed E-state index contributed by atoms with van der Waals surface area (Å²) in [6.45, 7) is 12.6. The monoisotopic (exact) mass is 630 g/mol. The van der Waals surface area contributed by atoms with Gasteiger partial charge in [0.05, 0.1) is 12.1 Å². The molecular weight excluding hydrogens is 584 g/mol. The molecule has 1 atom stereocenters. The topological polar surface area (TPSA) is 120 Å². The summed E-state index contributed by atoms with van der Waals surface area (Å²) in [5.74, 6) is 0.386. The van der Waals surface area contributed by atoms with E-state index in [1.807, 2.05) is 75.5 Å².